The smallest absolute Gasteiger partial charge is 0.267 e. The van der Waals surface area contributed by atoms with Crippen molar-refractivity contribution in [3.05, 3.63) is 21.2 Å². The Labute approximate surface area is 96.6 Å². The summed E-state index contributed by atoms with van der Waals surface area (Å²) in [4.78, 5) is 18.0. The van der Waals surface area contributed by atoms with Gasteiger partial charge in [0, 0.05) is 5.54 Å². The molecule has 5 heteroatoms. The van der Waals surface area contributed by atoms with E-state index in [1.807, 2.05) is 0 Å². The molecule has 0 atom stereocenters. The lowest BCUT2D eigenvalue weighted by Crippen LogP contribution is -2.29. The lowest BCUT2D eigenvalue weighted by molar-refractivity contribution is 0.510. The molecule has 4 nitrogen and oxygen atoms in total. The number of anilines is 1. The Bertz CT molecular complexity index is 423. The van der Waals surface area contributed by atoms with E-state index in [1.54, 1.807) is 0 Å². The summed E-state index contributed by atoms with van der Waals surface area (Å²) >= 11 is 3.24. The Morgan fingerprint density at radius 3 is 2.80 bits per heavy atom. The van der Waals surface area contributed by atoms with E-state index in [9.17, 15) is 4.79 Å². The van der Waals surface area contributed by atoms with E-state index in [0.717, 1.165) is 12.8 Å². The van der Waals surface area contributed by atoms with Gasteiger partial charge in [-0.15, -0.1) is 0 Å². The molecule has 0 bridgehead atoms. The summed E-state index contributed by atoms with van der Waals surface area (Å²) in [6, 6.07) is 0. The average molecular weight is 272 g/mol. The van der Waals surface area contributed by atoms with Gasteiger partial charge < -0.3 is 10.3 Å². The third-order valence-electron chi connectivity index (χ3n) is 3.06. The fourth-order valence-electron chi connectivity index (χ4n) is 1.69. The zero-order valence-corrected chi connectivity index (χ0v) is 10.4. The minimum atomic E-state index is -0.146. The SMILES string of the molecule is CC(C)C1(Nc2nc[nH]c(=O)c2Br)CC1. The molecule has 1 fully saturated rings. The Morgan fingerprint density at radius 2 is 2.27 bits per heavy atom. The first-order chi connectivity index (χ1) is 7.05. The molecule has 1 saturated carbocycles. The predicted octanol–water partition coefficient (Wildman–Crippen LogP) is 2.13. The molecule has 0 spiro atoms. The van der Waals surface area contributed by atoms with Crippen LogP contribution < -0.4 is 10.9 Å². The van der Waals surface area contributed by atoms with Gasteiger partial charge in [0.05, 0.1) is 6.33 Å². The fourth-order valence-corrected chi connectivity index (χ4v) is 2.00. The van der Waals surface area contributed by atoms with Crippen molar-refractivity contribution in [2.45, 2.75) is 32.2 Å². The molecular weight excluding hydrogens is 258 g/mol. The third kappa shape index (κ3) is 1.93. The second kappa shape index (κ2) is 3.63. The zero-order chi connectivity index (χ0) is 11.1. The van der Waals surface area contributed by atoms with E-state index >= 15 is 0 Å². The molecule has 1 aliphatic carbocycles. The second-order valence-corrected chi connectivity index (χ2v) is 5.12. The van der Waals surface area contributed by atoms with Gasteiger partial charge in [0.15, 0.2) is 0 Å². The normalized spacial score (nSPS) is 17.9. The van der Waals surface area contributed by atoms with Crippen LogP contribution in [0.15, 0.2) is 15.6 Å². The van der Waals surface area contributed by atoms with Crippen molar-refractivity contribution in [3.8, 4) is 0 Å². The van der Waals surface area contributed by atoms with Gasteiger partial charge in [0.2, 0.25) is 0 Å². The fraction of sp³-hybridized carbons (Fsp3) is 0.600. The van der Waals surface area contributed by atoms with Crippen LogP contribution in [0.3, 0.4) is 0 Å². The first-order valence-electron chi connectivity index (χ1n) is 5.06. The van der Waals surface area contributed by atoms with Crippen LogP contribution in [0.1, 0.15) is 26.7 Å². The predicted molar refractivity (Wildman–Crippen MR) is 63.0 cm³/mol. The maximum absolute atomic E-state index is 11.3. The van der Waals surface area contributed by atoms with Gasteiger partial charge in [-0.1, -0.05) is 13.8 Å². The van der Waals surface area contributed by atoms with Gasteiger partial charge in [0.25, 0.3) is 5.56 Å². The molecule has 2 rings (SSSR count). The summed E-state index contributed by atoms with van der Waals surface area (Å²) in [5.74, 6) is 1.19. The highest BCUT2D eigenvalue weighted by Crippen LogP contribution is 2.45. The number of rotatable bonds is 3. The number of aromatic nitrogens is 2. The Hall–Kier alpha value is -0.840. The molecule has 82 valence electrons. The third-order valence-corrected chi connectivity index (χ3v) is 3.79. The molecule has 0 saturated heterocycles. The summed E-state index contributed by atoms with van der Waals surface area (Å²) in [5, 5.41) is 3.36. The van der Waals surface area contributed by atoms with Crippen LogP contribution in [0.2, 0.25) is 0 Å². The van der Waals surface area contributed by atoms with Crippen molar-refractivity contribution in [2.75, 3.05) is 5.32 Å². The monoisotopic (exact) mass is 271 g/mol. The summed E-state index contributed by atoms with van der Waals surface area (Å²) in [6.07, 6.45) is 3.71. The molecule has 0 aliphatic heterocycles. The number of aromatic amines is 1. The van der Waals surface area contributed by atoms with Gasteiger partial charge in [-0.2, -0.15) is 0 Å². The molecule has 0 aromatic carbocycles. The number of halogens is 1. The number of nitrogens with zero attached hydrogens (tertiary/aromatic N) is 1. The molecule has 1 aliphatic rings. The summed E-state index contributed by atoms with van der Waals surface area (Å²) < 4.78 is 0.483. The van der Waals surface area contributed by atoms with Crippen molar-refractivity contribution < 1.29 is 0 Å². The van der Waals surface area contributed by atoms with Crippen LogP contribution >= 0.6 is 15.9 Å². The van der Waals surface area contributed by atoms with Crippen molar-refractivity contribution in [2.24, 2.45) is 5.92 Å². The van der Waals surface area contributed by atoms with Crippen LogP contribution in [0, 0.1) is 5.92 Å². The largest absolute Gasteiger partial charge is 0.363 e. The Kier molecular flexibility index (Phi) is 2.58. The molecule has 1 aromatic heterocycles. The van der Waals surface area contributed by atoms with Crippen LogP contribution in [-0.2, 0) is 0 Å². The highest BCUT2D eigenvalue weighted by Gasteiger charge is 2.45. The van der Waals surface area contributed by atoms with E-state index in [4.69, 9.17) is 0 Å². The number of H-pyrrole nitrogens is 1. The van der Waals surface area contributed by atoms with Crippen molar-refractivity contribution in [1.29, 1.82) is 0 Å². The molecule has 0 radical (unpaired) electrons. The van der Waals surface area contributed by atoms with Gasteiger partial charge in [-0.3, -0.25) is 4.79 Å². The maximum atomic E-state index is 11.3. The average Bonchev–Trinajstić information content (AvgIpc) is 2.94. The maximum Gasteiger partial charge on any atom is 0.267 e. The van der Waals surface area contributed by atoms with Gasteiger partial charge in [-0.25, -0.2) is 4.98 Å². The van der Waals surface area contributed by atoms with E-state index in [1.165, 1.54) is 6.33 Å². The molecule has 2 N–H and O–H groups in total. The number of hydrogen-bond acceptors (Lipinski definition) is 3. The van der Waals surface area contributed by atoms with Crippen molar-refractivity contribution >= 4 is 21.7 Å². The van der Waals surface area contributed by atoms with Crippen LogP contribution in [0.5, 0.6) is 0 Å². The molecule has 1 heterocycles. The van der Waals surface area contributed by atoms with Gasteiger partial charge in [-0.05, 0) is 34.7 Å². The topological polar surface area (TPSA) is 57.8 Å². The van der Waals surface area contributed by atoms with Crippen molar-refractivity contribution in [3.63, 3.8) is 0 Å². The Morgan fingerprint density at radius 1 is 1.60 bits per heavy atom. The van der Waals surface area contributed by atoms with Crippen LogP contribution in [-0.4, -0.2) is 15.5 Å². The lowest BCUT2D eigenvalue weighted by Gasteiger charge is -2.22. The molecule has 1 aromatic rings. The minimum absolute atomic E-state index is 0.142. The number of hydrogen-bond donors (Lipinski definition) is 2. The molecule has 0 amide bonds. The quantitative estimate of drug-likeness (QED) is 0.886. The zero-order valence-electron chi connectivity index (χ0n) is 8.80. The summed E-state index contributed by atoms with van der Waals surface area (Å²) in [5.41, 5.74) is -0.00407. The molecule has 0 unspecified atom stereocenters. The van der Waals surface area contributed by atoms with E-state index in [2.05, 4.69) is 45.1 Å². The first kappa shape index (κ1) is 10.7. The minimum Gasteiger partial charge on any atom is -0.363 e. The summed E-state index contributed by atoms with van der Waals surface area (Å²) in [7, 11) is 0. The lowest BCUT2D eigenvalue weighted by atomic mass is 10.0. The van der Waals surface area contributed by atoms with Crippen LogP contribution in [0.25, 0.3) is 0 Å². The molecular formula is C10H14BrN3O. The standard InChI is InChI=1S/C10H14BrN3O/c1-6(2)10(3-4-10)14-8-7(11)9(15)13-5-12-8/h5-6H,3-4H2,1-2H3,(H2,12,13,14,15). The Balaban J connectivity index is 2.25. The number of nitrogens with one attached hydrogen (secondary N) is 2. The highest BCUT2D eigenvalue weighted by molar-refractivity contribution is 9.10. The van der Waals surface area contributed by atoms with Gasteiger partial charge in [0.1, 0.15) is 10.3 Å². The van der Waals surface area contributed by atoms with E-state index in [-0.39, 0.29) is 11.1 Å². The molecule has 15 heavy (non-hydrogen) atoms. The first-order valence-corrected chi connectivity index (χ1v) is 5.86. The highest BCUT2D eigenvalue weighted by atomic mass is 79.9. The van der Waals surface area contributed by atoms with E-state index in [0.29, 0.717) is 16.2 Å². The second-order valence-electron chi connectivity index (χ2n) is 4.33. The van der Waals surface area contributed by atoms with Crippen LogP contribution in [0.4, 0.5) is 5.82 Å². The van der Waals surface area contributed by atoms with Crippen molar-refractivity contribution in [1.82, 2.24) is 9.97 Å². The van der Waals surface area contributed by atoms with E-state index < -0.39 is 0 Å². The summed E-state index contributed by atoms with van der Waals surface area (Å²) in [6.45, 7) is 4.36. The van der Waals surface area contributed by atoms with Gasteiger partial charge >= 0.3 is 0 Å².